The van der Waals surface area contributed by atoms with E-state index in [4.69, 9.17) is 0 Å². The minimum atomic E-state index is 0.758. The summed E-state index contributed by atoms with van der Waals surface area (Å²) in [6, 6.07) is 0.758. The zero-order chi connectivity index (χ0) is 7.94. The maximum absolute atomic E-state index is 3.44. The molecule has 0 fully saturated rings. The van der Waals surface area contributed by atoms with Crippen molar-refractivity contribution < 1.29 is 0 Å². The average Bonchev–Trinajstić information content (AvgIpc) is 2.28. The topological polar surface area (TPSA) is 12.0 Å². The minimum Gasteiger partial charge on any atom is -0.388 e. The van der Waals surface area contributed by atoms with Crippen LogP contribution in [-0.2, 0) is 0 Å². The summed E-state index contributed by atoms with van der Waals surface area (Å²) in [7, 11) is 0. The summed E-state index contributed by atoms with van der Waals surface area (Å²) in [6.45, 7) is 2.26. The molecular formula is C10H19N. The molecule has 0 aromatic rings. The number of allylic oxidation sites excluding steroid dienone is 1. The predicted molar refractivity (Wildman–Crippen MR) is 49.4 cm³/mol. The molecule has 0 radical (unpaired) electrons. The van der Waals surface area contributed by atoms with Crippen LogP contribution in [0.4, 0.5) is 0 Å². The van der Waals surface area contributed by atoms with Gasteiger partial charge in [-0.25, -0.2) is 0 Å². The lowest BCUT2D eigenvalue weighted by Gasteiger charge is -2.14. The maximum atomic E-state index is 3.44. The van der Waals surface area contributed by atoms with Gasteiger partial charge in [-0.15, -0.1) is 0 Å². The van der Waals surface area contributed by atoms with E-state index in [0.717, 1.165) is 6.04 Å². The summed E-state index contributed by atoms with van der Waals surface area (Å²) in [6.07, 6.45) is 12.4. The summed E-state index contributed by atoms with van der Waals surface area (Å²) in [5.74, 6) is 0. The summed E-state index contributed by atoms with van der Waals surface area (Å²) in [5, 5.41) is 3.44. The maximum Gasteiger partial charge on any atom is 0.0255 e. The van der Waals surface area contributed by atoms with Gasteiger partial charge in [0.15, 0.2) is 0 Å². The van der Waals surface area contributed by atoms with E-state index in [0.29, 0.717) is 0 Å². The summed E-state index contributed by atoms with van der Waals surface area (Å²) in [5.41, 5.74) is 0. The number of hydrogen-bond acceptors (Lipinski definition) is 1. The Bertz CT molecular complexity index is 118. The monoisotopic (exact) mass is 153 g/mol. The smallest absolute Gasteiger partial charge is 0.0255 e. The molecule has 0 spiro atoms. The summed E-state index contributed by atoms with van der Waals surface area (Å²) >= 11 is 0. The fourth-order valence-electron chi connectivity index (χ4n) is 1.53. The Morgan fingerprint density at radius 3 is 3.27 bits per heavy atom. The van der Waals surface area contributed by atoms with Gasteiger partial charge in [0.2, 0.25) is 0 Å². The average molecular weight is 153 g/mol. The van der Waals surface area contributed by atoms with E-state index in [1.165, 1.54) is 38.5 Å². The lowest BCUT2D eigenvalue weighted by atomic mass is 10.1. The quantitative estimate of drug-likeness (QED) is 0.657. The second-order valence-corrected chi connectivity index (χ2v) is 3.34. The van der Waals surface area contributed by atoms with Gasteiger partial charge in [0, 0.05) is 6.04 Å². The van der Waals surface area contributed by atoms with Gasteiger partial charge in [-0.3, -0.25) is 0 Å². The van der Waals surface area contributed by atoms with Crippen molar-refractivity contribution in [3.63, 3.8) is 0 Å². The Morgan fingerprint density at radius 2 is 2.45 bits per heavy atom. The SMILES string of the molecule is CCCC[C@@H]1CCCC=CN1. The van der Waals surface area contributed by atoms with E-state index in [2.05, 4.69) is 24.5 Å². The molecule has 0 aliphatic carbocycles. The van der Waals surface area contributed by atoms with Gasteiger partial charge in [0.1, 0.15) is 0 Å². The molecule has 1 heterocycles. The van der Waals surface area contributed by atoms with E-state index >= 15 is 0 Å². The van der Waals surface area contributed by atoms with Crippen molar-refractivity contribution in [3.05, 3.63) is 12.3 Å². The molecule has 0 aromatic heterocycles. The zero-order valence-electron chi connectivity index (χ0n) is 7.47. The molecule has 1 N–H and O–H groups in total. The molecule has 0 saturated carbocycles. The van der Waals surface area contributed by atoms with Crippen LogP contribution >= 0.6 is 0 Å². The third kappa shape index (κ3) is 3.45. The number of rotatable bonds is 3. The molecule has 1 atom stereocenters. The first kappa shape index (κ1) is 8.63. The molecule has 0 aromatic carbocycles. The van der Waals surface area contributed by atoms with Crippen LogP contribution in [0, 0.1) is 0 Å². The predicted octanol–water partition coefficient (Wildman–Crippen LogP) is 2.83. The highest BCUT2D eigenvalue weighted by Crippen LogP contribution is 2.11. The largest absolute Gasteiger partial charge is 0.388 e. The molecule has 1 nitrogen and oxygen atoms in total. The van der Waals surface area contributed by atoms with E-state index in [9.17, 15) is 0 Å². The third-order valence-corrected chi connectivity index (χ3v) is 2.28. The van der Waals surface area contributed by atoms with Gasteiger partial charge in [0.25, 0.3) is 0 Å². The van der Waals surface area contributed by atoms with Crippen molar-refractivity contribution in [2.24, 2.45) is 0 Å². The van der Waals surface area contributed by atoms with Crippen molar-refractivity contribution in [1.82, 2.24) is 5.32 Å². The van der Waals surface area contributed by atoms with Gasteiger partial charge < -0.3 is 5.32 Å². The molecule has 1 heteroatoms. The third-order valence-electron chi connectivity index (χ3n) is 2.28. The molecule has 11 heavy (non-hydrogen) atoms. The molecule has 0 amide bonds. The first-order chi connectivity index (χ1) is 5.43. The molecule has 0 unspecified atom stereocenters. The van der Waals surface area contributed by atoms with Crippen LogP contribution in [0.5, 0.6) is 0 Å². The van der Waals surface area contributed by atoms with Crippen molar-refractivity contribution in [1.29, 1.82) is 0 Å². The van der Waals surface area contributed by atoms with E-state index in [1.807, 2.05) is 0 Å². The first-order valence-corrected chi connectivity index (χ1v) is 4.84. The summed E-state index contributed by atoms with van der Waals surface area (Å²) < 4.78 is 0. The van der Waals surface area contributed by atoms with Crippen LogP contribution in [0.15, 0.2) is 12.3 Å². The van der Waals surface area contributed by atoms with Crippen molar-refractivity contribution in [2.45, 2.75) is 51.5 Å². The highest BCUT2D eigenvalue weighted by atomic mass is 14.9. The molecule has 0 saturated heterocycles. The Labute approximate surface area is 69.9 Å². The van der Waals surface area contributed by atoms with Gasteiger partial charge in [0.05, 0.1) is 0 Å². The van der Waals surface area contributed by atoms with Crippen molar-refractivity contribution >= 4 is 0 Å². The minimum absolute atomic E-state index is 0.758. The number of hydrogen-bond donors (Lipinski definition) is 1. The summed E-state index contributed by atoms with van der Waals surface area (Å²) in [4.78, 5) is 0. The van der Waals surface area contributed by atoms with Crippen molar-refractivity contribution in [2.75, 3.05) is 0 Å². The van der Waals surface area contributed by atoms with Crippen LogP contribution in [0.25, 0.3) is 0 Å². The number of nitrogens with one attached hydrogen (secondary N) is 1. The van der Waals surface area contributed by atoms with Crippen LogP contribution in [0.3, 0.4) is 0 Å². The van der Waals surface area contributed by atoms with Gasteiger partial charge in [-0.1, -0.05) is 25.8 Å². The Kier molecular flexibility index (Phi) is 4.10. The normalized spacial score (nSPS) is 24.3. The van der Waals surface area contributed by atoms with Crippen LogP contribution in [0.1, 0.15) is 45.4 Å². The van der Waals surface area contributed by atoms with Gasteiger partial charge in [-0.2, -0.15) is 0 Å². The van der Waals surface area contributed by atoms with E-state index in [-0.39, 0.29) is 0 Å². The molecule has 1 aliphatic heterocycles. The van der Waals surface area contributed by atoms with E-state index in [1.54, 1.807) is 0 Å². The van der Waals surface area contributed by atoms with Gasteiger partial charge in [-0.05, 0) is 31.9 Å². The molecular weight excluding hydrogens is 134 g/mol. The molecule has 64 valence electrons. The highest BCUT2D eigenvalue weighted by Gasteiger charge is 2.06. The van der Waals surface area contributed by atoms with Crippen LogP contribution in [0.2, 0.25) is 0 Å². The van der Waals surface area contributed by atoms with Crippen LogP contribution in [-0.4, -0.2) is 6.04 Å². The lowest BCUT2D eigenvalue weighted by molar-refractivity contribution is 0.484. The Hall–Kier alpha value is -0.460. The molecule has 1 aliphatic rings. The highest BCUT2D eigenvalue weighted by molar-refractivity contribution is 4.87. The lowest BCUT2D eigenvalue weighted by Crippen LogP contribution is -2.22. The molecule has 0 bridgehead atoms. The van der Waals surface area contributed by atoms with Crippen molar-refractivity contribution in [3.8, 4) is 0 Å². The first-order valence-electron chi connectivity index (χ1n) is 4.84. The zero-order valence-corrected chi connectivity index (χ0v) is 7.47. The fraction of sp³-hybridized carbons (Fsp3) is 0.800. The fourth-order valence-corrected chi connectivity index (χ4v) is 1.53. The number of unbranched alkanes of at least 4 members (excludes halogenated alkanes) is 1. The second kappa shape index (κ2) is 5.22. The molecule has 1 rings (SSSR count). The Balaban J connectivity index is 2.16. The van der Waals surface area contributed by atoms with Gasteiger partial charge >= 0.3 is 0 Å². The Morgan fingerprint density at radius 1 is 1.55 bits per heavy atom. The van der Waals surface area contributed by atoms with Crippen LogP contribution < -0.4 is 5.32 Å². The standard InChI is InChI=1S/C10H19N/c1-2-3-7-10-8-5-4-6-9-11-10/h6,9-11H,2-5,7-8H2,1H3/t10-/m1/s1. The van der Waals surface area contributed by atoms with E-state index < -0.39 is 0 Å². The second-order valence-electron chi connectivity index (χ2n) is 3.34.